The monoisotopic (exact) mass is 403 g/mol. The van der Waals surface area contributed by atoms with Gasteiger partial charge in [-0.25, -0.2) is 4.98 Å². The predicted octanol–water partition coefficient (Wildman–Crippen LogP) is 2.37. The maximum Gasteiger partial charge on any atom is 0.277 e. The first-order valence-electron chi connectivity index (χ1n) is 8.06. The van der Waals surface area contributed by atoms with Crippen LogP contribution in [0.2, 0.25) is 0 Å². The van der Waals surface area contributed by atoms with Crippen molar-refractivity contribution in [1.82, 2.24) is 26.0 Å². The van der Waals surface area contributed by atoms with Crippen LogP contribution in [0.5, 0.6) is 0 Å². The van der Waals surface area contributed by atoms with Crippen LogP contribution in [-0.2, 0) is 11.2 Å². The van der Waals surface area contributed by atoms with E-state index in [-0.39, 0.29) is 17.0 Å². The molecule has 0 radical (unpaired) electrons. The molecule has 3 aromatic rings. The lowest BCUT2D eigenvalue weighted by Gasteiger charge is -2.10. The molecule has 3 rings (SSSR count). The Morgan fingerprint density at radius 1 is 1.22 bits per heavy atom. The topological polar surface area (TPSA) is 110 Å². The zero-order valence-corrected chi connectivity index (χ0v) is 16.3. The van der Waals surface area contributed by atoms with Gasteiger partial charge in [-0.05, 0) is 26.0 Å². The molecule has 0 fully saturated rings. The average molecular weight is 403 g/mol. The number of carbonyl (C=O) groups excluding carboxylic acids is 2. The second kappa shape index (κ2) is 8.78. The molecule has 0 bridgehead atoms. The van der Waals surface area contributed by atoms with Crippen LogP contribution in [0.1, 0.15) is 33.9 Å². The van der Waals surface area contributed by atoms with Crippen molar-refractivity contribution < 1.29 is 14.0 Å². The average Bonchev–Trinajstić information content (AvgIpc) is 3.29. The second-order valence-corrected chi connectivity index (χ2v) is 7.92. The van der Waals surface area contributed by atoms with Crippen molar-refractivity contribution >= 4 is 34.9 Å². The molecular formula is C17H17N5O3S2. The lowest BCUT2D eigenvalue weighted by atomic mass is 10.2. The molecule has 2 aromatic heterocycles. The van der Waals surface area contributed by atoms with Gasteiger partial charge in [0.2, 0.25) is 5.89 Å². The largest absolute Gasteiger partial charge is 0.416 e. The van der Waals surface area contributed by atoms with E-state index in [9.17, 15) is 9.59 Å². The maximum absolute atomic E-state index is 12.1. The van der Waals surface area contributed by atoms with Crippen LogP contribution < -0.4 is 10.9 Å². The molecule has 27 heavy (non-hydrogen) atoms. The first-order valence-corrected chi connectivity index (χ1v) is 9.82. The molecule has 0 saturated carbocycles. The van der Waals surface area contributed by atoms with Gasteiger partial charge in [0.25, 0.3) is 17.0 Å². The summed E-state index contributed by atoms with van der Waals surface area (Å²) in [7, 11) is 0. The number of aromatic nitrogens is 3. The van der Waals surface area contributed by atoms with Crippen LogP contribution in [-0.4, -0.2) is 32.2 Å². The Hall–Kier alpha value is -2.72. The van der Waals surface area contributed by atoms with Crippen molar-refractivity contribution in [3.63, 3.8) is 0 Å². The fraction of sp³-hybridized carbons (Fsp3) is 0.235. The van der Waals surface area contributed by atoms with E-state index in [4.69, 9.17) is 4.42 Å². The van der Waals surface area contributed by atoms with Crippen molar-refractivity contribution in [2.45, 2.75) is 30.7 Å². The van der Waals surface area contributed by atoms with Gasteiger partial charge in [0.1, 0.15) is 0 Å². The van der Waals surface area contributed by atoms with Crippen molar-refractivity contribution in [2.24, 2.45) is 0 Å². The van der Waals surface area contributed by atoms with Gasteiger partial charge >= 0.3 is 0 Å². The SMILES string of the molecule is Cc1nc(Cc2nnc(S[C@@H](C)C(=O)NNC(=O)c3ccccc3)o2)cs1. The number of nitrogens with zero attached hydrogens (tertiary/aromatic N) is 3. The number of benzene rings is 1. The van der Waals surface area contributed by atoms with Gasteiger partial charge in [-0.3, -0.25) is 20.4 Å². The van der Waals surface area contributed by atoms with Crippen molar-refractivity contribution in [2.75, 3.05) is 0 Å². The van der Waals surface area contributed by atoms with E-state index in [1.807, 2.05) is 18.4 Å². The summed E-state index contributed by atoms with van der Waals surface area (Å²) in [6, 6.07) is 8.61. The lowest BCUT2D eigenvalue weighted by molar-refractivity contribution is -0.121. The van der Waals surface area contributed by atoms with Gasteiger partial charge in [-0.15, -0.1) is 21.5 Å². The number of thioether (sulfide) groups is 1. The third-order valence-corrected chi connectivity index (χ3v) is 5.19. The number of hydrogen-bond acceptors (Lipinski definition) is 8. The van der Waals surface area contributed by atoms with E-state index in [0.717, 1.165) is 22.5 Å². The fourth-order valence-corrected chi connectivity index (χ4v) is 3.40. The normalized spacial score (nSPS) is 11.8. The minimum atomic E-state index is -0.532. The zero-order chi connectivity index (χ0) is 19.2. The summed E-state index contributed by atoms with van der Waals surface area (Å²) in [6.07, 6.45) is 0.450. The summed E-state index contributed by atoms with van der Waals surface area (Å²) in [4.78, 5) is 28.4. The molecule has 10 heteroatoms. The van der Waals surface area contributed by atoms with E-state index < -0.39 is 5.25 Å². The smallest absolute Gasteiger partial charge is 0.277 e. The van der Waals surface area contributed by atoms with Crippen LogP contribution in [0.25, 0.3) is 0 Å². The molecule has 0 aliphatic rings. The Balaban J connectivity index is 1.49. The molecule has 0 aliphatic heterocycles. The highest BCUT2D eigenvalue weighted by molar-refractivity contribution is 8.00. The predicted molar refractivity (Wildman–Crippen MR) is 101 cm³/mol. The Labute approximate surface area is 163 Å². The van der Waals surface area contributed by atoms with Crippen LogP contribution in [0.3, 0.4) is 0 Å². The van der Waals surface area contributed by atoms with E-state index in [0.29, 0.717) is 17.9 Å². The molecular weight excluding hydrogens is 386 g/mol. The maximum atomic E-state index is 12.1. The van der Waals surface area contributed by atoms with Gasteiger partial charge in [0.15, 0.2) is 0 Å². The minimum absolute atomic E-state index is 0.286. The number of aryl methyl sites for hydroxylation is 1. The number of thiazole rings is 1. The highest BCUT2D eigenvalue weighted by Crippen LogP contribution is 2.22. The van der Waals surface area contributed by atoms with Crippen LogP contribution in [0.15, 0.2) is 45.4 Å². The van der Waals surface area contributed by atoms with Gasteiger partial charge in [-0.1, -0.05) is 30.0 Å². The van der Waals surface area contributed by atoms with Crippen molar-refractivity contribution in [3.05, 3.63) is 57.9 Å². The minimum Gasteiger partial charge on any atom is -0.416 e. The Kier molecular flexibility index (Phi) is 6.20. The van der Waals surface area contributed by atoms with E-state index >= 15 is 0 Å². The molecule has 1 aromatic carbocycles. The lowest BCUT2D eigenvalue weighted by Crippen LogP contribution is -2.44. The van der Waals surface area contributed by atoms with Crippen LogP contribution in [0, 0.1) is 6.92 Å². The molecule has 0 aliphatic carbocycles. The molecule has 0 unspecified atom stereocenters. The zero-order valence-electron chi connectivity index (χ0n) is 14.6. The van der Waals surface area contributed by atoms with E-state index in [2.05, 4.69) is 26.0 Å². The van der Waals surface area contributed by atoms with E-state index in [1.54, 1.807) is 42.5 Å². The second-order valence-electron chi connectivity index (χ2n) is 5.57. The van der Waals surface area contributed by atoms with Gasteiger partial charge < -0.3 is 4.42 Å². The molecule has 0 spiro atoms. The molecule has 2 N–H and O–H groups in total. The fourth-order valence-electron chi connectivity index (χ4n) is 2.09. The highest BCUT2D eigenvalue weighted by atomic mass is 32.2. The number of hydrogen-bond donors (Lipinski definition) is 2. The summed E-state index contributed by atoms with van der Waals surface area (Å²) in [5, 5.41) is 10.6. The van der Waals surface area contributed by atoms with Crippen molar-refractivity contribution in [1.29, 1.82) is 0 Å². The van der Waals surface area contributed by atoms with E-state index in [1.165, 1.54) is 0 Å². The third-order valence-electron chi connectivity index (χ3n) is 3.43. The summed E-state index contributed by atoms with van der Waals surface area (Å²) < 4.78 is 5.55. The number of carbonyl (C=O) groups is 2. The Morgan fingerprint density at radius 3 is 2.70 bits per heavy atom. The van der Waals surface area contributed by atoms with Crippen LogP contribution in [0.4, 0.5) is 0 Å². The van der Waals surface area contributed by atoms with Gasteiger partial charge in [0.05, 0.1) is 22.4 Å². The molecule has 140 valence electrons. The molecule has 8 nitrogen and oxygen atoms in total. The number of rotatable bonds is 6. The summed E-state index contributed by atoms with van der Waals surface area (Å²) in [5.74, 6) is -0.327. The number of amides is 2. The number of nitrogens with one attached hydrogen (secondary N) is 2. The van der Waals surface area contributed by atoms with Gasteiger partial charge in [-0.2, -0.15) is 0 Å². The molecule has 1 atom stereocenters. The molecule has 2 amide bonds. The first kappa shape index (κ1) is 19.1. The summed E-state index contributed by atoms with van der Waals surface area (Å²) in [6.45, 7) is 3.61. The van der Waals surface area contributed by atoms with Crippen LogP contribution >= 0.6 is 23.1 Å². The summed E-state index contributed by atoms with van der Waals surface area (Å²) in [5.41, 5.74) is 6.10. The highest BCUT2D eigenvalue weighted by Gasteiger charge is 2.19. The van der Waals surface area contributed by atoms with Gasteiger partial charge in [0, 0.05) is 10.9 Å². The standard InChI is InChI=1S/C17H17N5O3S2/c1-10(15(23)20-21-16(24)12-6-4-3-5-7-12)27-17-22-19-14(25-17)8-13-9-26-11(2)18-13/h3-7,9-10H,8H2,1-2H3,(H,20,23)(H,21,24)/t10-/m0/s1. The third kappa shape index (κ3) is 5.38. The Morgan fingerprint density at radius 2 is 2.00 bits per heavy atom. The van der Waals surface area contributed by atoms with Crippen molar-refractivity contribution in [3.8, 4) is 0 Å². The molecule has 2 heterocycles. The quantitative estimate of drug-likeness (QED) is 0.480. The number of hydrazine groups is 1. The summed E-state index contributed by atoms with van der Waals surface area (Å²) >= 11 is 2.67. The molecule has 0 saturated heterocycles. The Bertz CT molecular complexity index is 926. The first-order chi connectivity index (χ1) is 13.0.